The number of nitrogens with two attached hydrogens (primary N) is 1. The first-order valence-electron chi connectivity index (χ1n) is 5.34. The smallest absolute Gasteiger partial charge is 0.0585 e. The van der Waals surface area contributed by atoms with Crippen LogP contribution < -0.4 is 5.73 Å². The van der Waals surface area contributed by atoms with Crippen molar-refractivity contribution in [1.82, 2.24) is 0 Å². The summed E-state index contributed by atoms with van der Waals surface area (Å²) in [5.41, 5.74) is 9.49. The molecule has 3 aromatic rings. The molecule has 2 aromatic carbocycles. The molecule has 0 unspecified atom stereocenters. The van der Waals surface area contributed by atoms with Crippen molar-refractivity contribution in [3.05, 3.63) is 41.5 Å². The summed E-state index contributed by atoms with van der Waals surface area (Å²) < 4.78 is 2.53. The van der Waals surface area contributed by atoms with E-state index in [4.69, 9.17) is 5.73 Å². The van der Waals surface area contributed by atoms with Crippen molar-refractivity contribution in [3.63, 3.8) is 0 Å². The summed E-state index contributed by atoms with van der Waals surface area (Å²) in [7, 11) is 0. The number of benzene rings is 2. The van der Waals surface area contributed by atoms with Crippen LogP contribution in [0, 0.1) is 13.8 Å². The summed E-state index contributed by atoms with van der Waals surface area (Å²) in [5, 5.41) is 2.62. The summed E-state index contributed by atoms with van der Waals surface area (Å²) >= 11 is 1.78. The molecular weight excluding hydrogens is 214 g/mol. The summed E-state index contributed by atoms with van der Waals surface area (Å²) in [6, 6.07) is 10.9. The number of hydrogen-bond donors (Lipinski definition) is 1. The van der Waals surface area contributed by atoms with Gasteiger partial charge in [0, 0.05) is 21.2 Å². The van der Waals surface area contributed by atoms with Gasteiger partial charge in [-0.2, -0.15) is 0 Å². The van der Waals surface area contributed by atoms with Crippen molar-refractivity contribution in [1.29, 1.82) is 0 Å². The Morgan fingerprint density at radius 1 is 0.938 bits per heavy atom. The Bertz CT molecular complexity index is 695. The highest BCUT2D eigenvalue weighted by atomic mass is 32.1. The molecule has 1 nitrogen and oxygen atoms in total. The van der Waals surface area contributed by atoms with Crippen molar-refractivity contribution in [2.75, 3.05) is 5.73 Å². The Morgan fingerprint density at radius 3 is 2.50 bits per heavy atom. The first-order chi connectivity index (χ1) is 7.65. The second-order valence-corrected chi connectivity index (χ2v) is 5.38. The van der Waals surface area contributed by atoms with Crippen LogP contribution in [0.5, 0.6) is 0 Å². The summed E-state index contributed by atoms with van der Waals surface area (Å²) in [4.78, 5) is 0. The lowest BCUT2D eigenvalue weighted by atomic mass is 10.1. The number of nitrogen functional groups attached to an aromatic ring is 1. The van der Waals surface area contributed by atoms with Crippen LogP contribution in [0.15, 0.2) is 30.3 Å². The van der Waals surface area contributed by atoms with Gasteiger partial charge in [-0.05, 0) is 43.7 Å². The highest BCUT2D eigenvalue weighted by molar-refractivity contribution is 7.26. The van der Waals surface area contributed by atoms with Crippen molar-refractivity contribution < 1.29 is 0 Å². The maximum absolute atomic E-state index is 6.07. The minimum absolute atomic E-state index is 0.897. The molecule has 0 saturated heterocycles. The van der Waals surface area contributed by atoms with Gasteiger partial charge in [0.05, 0.1) is 4.70 Å². The lowest BCUT2D eigenvalue weighted by Crippen LogP contribution is -1.85. The number of aryl methyl sites for hydroxylation is 2. The highest BCUT2D eigenvalue weighted by Crippen LogP contribution is 2.38. The van der Waals surface area contributed by atoms with Crippen LogP contribution in [-0.4, -0.2) is 0 Å². The lowest BCUT2D eigenvalue weighted by molar-refractivity contribution is 1.51. The van der Waals surface area contributed by atoms with Gasteiger partial charge in [0.2, 0.25) is 0 Å². The molecule has 0 aliphatic heterocycles. The molecule has 16 heavy (non-hydrogen) atoms. The zero-order chi connectivity index (χ0) is 11.3. The lowest BCUT2D eigenvalue weighted by Gasteiger charge is -1.99. The first kappa shape index (κ1) is 9.67. The number of anilines is 1. The minimum Gasteiger partial charge on any atom is -0.398 e. The van der Waals surface area contributed by atoms with Gasteiger partial charge in [-0.15, -0.1) is 11.3 Å². The molecule has 0 radical (unpaired) electrons. The number of rotatable bonds is 0. The van der Waals surface area contributed by atoms with Gasteiger partial charge in [0.15, 0.2) is 0 Å². The van der Waals surface area contributed by atoms with Gasteiger partial charge < -0.3 is 5.73 Å². The maximum Gasteiger partial charge on any atom is 0.0585 e. The van der Waals surface area contributed by atoms with E-state index in [0.717, 1.165) is 5.69 Å². The maximum atomic E-state index is 6.07. The SMILES string of the molecule is Cc1ccc2sc3c(N)cc(C)cc3c2c1. The molecule has 1 aromatic heterocycles. The van der Waals surface area contributed by atoms with Crippen molar-refractivity contribution in [3.8, 4) is 0 Å². The monoisotopic (exact) mass is 227 g/mol. The quantitative estimate of drug-likeness (QED) is 0.571. The third-order valence-corrected chi connectivity index (χ3v) is 4.13. The predicted molar refractivity (Wildman–Crippen MR) is 73.2 cm³/mol. The zero-order valence-electron chi connectivity index (χ0n) is 9.37. The molecule has 80 valence electrons. The molecule has 0 amide bonds. The van der Waals surface area contributed by atoms with E-state index in [2.05, 4.69) is 38.1 Å². The predicted octanol–water partition coefficient (Wildman–Crippen LogP) is 4.25. The fourth-order valence-electron chi connectivity index (χ4n) is 2.17. The van der Waals surface area contributed by atoms with Crippen molar-refractivity contribution in [2.24, 2.45) is 0 Å². The molecule has 0 spiro atoms. The highest BCUT2D eigenvalue weighted by Gasteiger charge is 2.08. The molecule has 2 N–H and O–H groups in total. The topological polar surface area (TPSA) is 26.0 Å². The van der Waals surface area contributed by atoms with Gasteiger partial charge in [-0.1, -0.05) is 11.6 Å². The van der Waals surface area contributed by atoms with Crippen molar-refractivity contribution in [2.45, 2.75) is 13.8 Å². The van der Waals surface area contributed by atoms with Gasteiger partial charge in [-0.25, -0.2) is 0 Å². The fourth-order valence-corrected chi connectivity index (χ4v) is 3.26. The van der Waals surface area contributed by atoms with Gasteiger partial charge in [-0.3, -0.25) is 0 Å². The van der Waals surface area contributed by atoms with E-state index in [9.17, 15) is 0 Å². The molecule has 0 aliphatic rings. The number of thiophene rings is 1. The van der Waals surface area contributed by atoms with Crippen LogP contribution in [0.25, 0.3) is 20.2 Å². The van der Waals surface area contributed by atoms with Crippen LogP contribution in [0.4, 0.5) is 5.69 Å². The largest absolute Gasteiger partial charge is 0.398 e. The minimum atomic E-state index is 0.897. The van der Waals surface area contributed by atoms with Crippen LogP contribution in [0.1, 0.15) is 11.1 Å². The molecule has 0 atom stereocenters. The Labute approximate surface area is 98.5 Å². The second kappa shape index (κ2) is 3.22. The van der Waals surface area contributed by atoms with E-state index < -0.39 is 0 Å². The number of hydrogen-bond acceptors (Lipinski definition) is 2. The summed E-state index contributed by atoms with van der Waals surface area (Å²) in [6.45, 7) is 4.22. The zero-order valence-corrected chi connectivity index (χ0v) is 10.2. The van der Waals surface area contributed by atoms with E-state index in [1.54, 1.807) is 11.3 Å². The van der Waals surface area contributed by atoms with Gasteiger partial charge in [0.1, 0.15) is 0 Å². The first-order valence-corrected chi connectivity index (χ1v) is 6.16. The fraction of sp³-hybridized carbons (Fsp3) is 0.143. The molecule has 0 saturated carbocycles. The van der Waals surface area contributed by atoms with E-state index in [1.165, 1.54) is 31.3 Å². The van der Waals surface area contributed by atoms with Crippen LogP contribution in [-0.2, 0) is 0 Å². The van der Waals surface area contributed by atoms with Crippen LogP contribution >= 0.6 is 11.3 Å². The molecular formula is C14H13NS. The van der Waals surface area contributed by atoms with Crippen LogP contribution in [0.3, 0.4) is 0 Å². The summed E-state index contributed by atoms with van der Waals surface area (Å²) in [6.07, 6.45) is 0. The molecule has 0 aliphatic carbocycles. The summed E-state index contributed by atoms with van der Waals surface area (Å²) in [5.74, 6) is 0. The average molecular weight is 227 g/mol. The molecule has 3 rings (SSSR count). The second-order valence-electron chi connectivity index (χ2n) is 4.33. The Hall–Kier alpha value is -1.54. The van der Waals surface area contributed by atoms with E-state index in [0.29, 0.717) is 0 Å². The van der Waals surface area contributed by atoms with E-state index in [-0.39, 0.29) is 0 Å². The van der Waals surface area contributed by atoms with Crippen molar-refractivity contribution >= 4 is 37.2 Å². The van der Waals surface area contributed by atoms with Crippen LogP contribution in [0.2, 0.25) is 0 Å². The normalized spacial score (nSPS) is 11.4. The van der Waals surface area contributed by atoms with Gasteiger partial charge >= 0.3 is 0 Å². The Balaban J connectivity index is 2.57. The van der Waals surface area contributed by atoms with E-state index >= 15 is 0 Å². The van der Waals surface area contributed by atoms with E-state index in [1.807, 2.05) is 6.07 Å². The molecule has 0 bridgehead atoms. The third kappa shape index (κ3) is 1.30. The van der Waals surface area contributed by atoms with Gasteiger partial charge in [0.25, 0.3) is 0 Å². The standard InChI is InChI=1S/C14H13NS/c1-8-3-4-13-10(5-8)11-6-9(2)7-12(15)14(11)16-13/h3-7H,15H2,1-2H3. The average Bonchev–Trinajstić information content (AvgIpc) is 2.57. The molecule has 1 heterocycles. The molecule has 0 fully saturated rings. The Morgan fingerprint density at radius 2 is 1.69 bits per heavy atom. The molecule has 2 heteroatoms. The number of fused-ring (bicyclic) bond motifs is 3. The Kier molecular flexibility index (Phi) is 1.95. The third-order valence-electron chi connectivity index (χ3n) is 2.90.